The first-order valence-corrected chi connectivity index (χ1v) is 5.89. The quantitative estimate of drug-likeness (QED) is 0.765. The maximum atomic E-state index is 12.0. The number of amides is 1. The van der Waals surface area contributed by atoms with Gasteiger partial charge in [-0.05, 0) is 37.5 Å². The van der Waals surface area contributed by atoms with Crippen LogP contribution in [0, 0.1) is 19.8 Å². The van der Waals surface area contributed by atoms with E-state index >= 15 is 0 Å². The average Bonchev–Trinajstić information content (AvgIpc) is 2.72. The molecule has 0 saturated carbocycles. The monoisotopic (exact) mass is 230 g/mol. The molecule has 0 radical (unpaired) electrons. The standard InChI is InChI=1S/C14H18N2O/c1-9-4-3-5-13(10(9)2)16-14(17)11-6-7-12(15)8-11/h3-7,11-12H,8,15H2,1-2H3,(H,16,17). The molecule has 3 N–H and O–H groups in total. The lowest BCUT2D eigenvalue weighted by Crippen LogP contribution is -2.24. The number of nitrogens with two attached hydrogens (primary N) is 1. The average molecular weight is 230 g/mol. The van der Waals surface area contributed by atoms with E-state index in [0.29, 0.717) is 6.42 Å². The third-order valence-corrected chi connectivity index (χ3v) is 3.32. The van der Waals surface area contributed by atoms with Gasteiger partial charge in [0, 0.05) is 11.7 Å². The Bertz CT molecular complexity index is 465. The molecular weight excluding hydrogens is 212 g/mol. The van der Waals surface area contributed by atoms with Crippen molar-refractivity contribution in [3.8, 4) is 0 Å². The van der Waals surface area contributed by atoms with Gasteiger partial charge in [0.2, 0.25) is 5.91 Å². The van der Waals surface area contributed by atoms with Crippen LogP contribution in [0.5, 0.6) is 0 Å². The van der Waals surface area contributed by atoms with Crippen LogP contribution < -0.4 is 11.1 Å². The zero-order valence-electron chi connectivity index (χ0n) is 10.2. The summed E-state index contributed by atoms with van der Waals surface area (Å²) in [5.41, 5.74) is 8.94. The Labute approximate surface area is 102 Å². The minimum atomic E-state index is -0.0927. The van der Waals surface area contributed by atoms with Crippen molar-refractivity contribution in [2.45, 2.75) is 26.3 Å². The number of carbonyl (C=O) groups excluding carboxylic acids is 1. The molecule has 90 valence electrons. The summed E-state index contributed by atoms with van der Waals surface area (Å²) in [6.07, 6.45) is 4.50. The van der Waals surface area contributed by atoms with Gasteiger partial charge in [0.05, 0.1) is 5.92 Å². The van der Waals surface area contributed by atoms with Crippen molar-refractivity contribution in [1.29, 1.82) is 0 Å². The van der Waals surface area contributed by atoms with Crippen LogP contribution in [-0.2, 0) is 4.79 Å². The highest BCUT2D eigenvalue weighted by Crippen LogP contribution is 2.22. The van der Waals surface area contributed by atoms with Gasteiger partial charge in [-0.15, -0.1) is 0 Å². The lowest BCUT2D eigenvalue weighted by molar-refractivity contribution is -0.118. The third kappa shape index (κ3) is 2.56. The Morgan fingerprint density at radius 3 is 2.76 bits per heavy atom. The van der Waals surface area contributed by atoms with Gasteiger partial charge < -0.3 is 11.1 Å². The first-order chi connectivity index (χ1) is 8.08. The van der Waals surface area contributed by atoms with Crippen LogP contribution in [0.3, 0.4) is 0 Å². The molecule has 2 atom stereocenters. The first kappa shape index (κ1) is 11.9. The molecule has 0 saturated heterocycles. The largest absolute Gasteiger partial charge is 0.325 e. The van der Waals surface area contributed by atoms with E-state index in [1.807, 2.05) is 44.2 Å². The van der Waals surface area contributed by atoms with Crippen molar-refractivity contribution in [2.24, 2.45) is 11.7 Å². The predicted octanol–water partition coefficient (Wildman–Crippen LogP) is 2.15. The normalized spacial score (nSPS) is 22.8. The second kappa shape index (κ2) is 4.72. The fourth-order valence-corrected chi connectivity index (χ4v) is 2.03. The van der Waals surface area contributed by atoms with Gasteiger partial charge in [0.25, 0.3) is 0 Å². The van der Waals surface area contributed by atoms with Crippen molar-refractivity contribution in [2.75, 3.05) is 5.32 Å². The van der Waals surface area contributed by atoms with Gasteiger partial charge in [0.15, 0.2) is 0 Å². The Morgan fingerprint density at radius 1 is 1.35 bits per heavy atom. The Hall–Kier alpha value is -1.61. The van der Waals surface area contributed by atoms with Gasteiger partial charge in [-0.25, -0.2) is 0 Å². The number of nitrogens with one attached hydrogen (secondary N) is 1. The predicted molar refractivity (Wildman–Crippen MR) is 69.8 cm³/mol. The highest BCUT2D eigenvalue weighted by Gasteiger charge is 2.22. The van der Waals surface area contributed by atoms with Crippen LogP contribution in [0.1, 0.15) is 17.5 Å². The van der Waals surface area contributed by atoms with Crippen molar-refractivity contribution >= 4 is 11.6 Å². The fourth-order valence-electron chi connectivity index (χ4n) is 2.03. The van der Waals surface area contributed by atoms with Crippen molar-refractivity contribution in [3.05, 3.63) is 41.5 Å². The number of aryl methyl sites for hydroxylation is 1. The van der Waals surface area contributed by atoms with Crippen molar-refractivity contribution in [1.82, 2.24) is 0 Å². The topological polar surface area (TPSA) is 55.1 Å². The van der Waals surface area contributed by atoms with Gasteiger partial charge in [-0.3, -0.25) is 4.79 Å². The summed E-state index contributed by atoms with van der Waals surface area (Å²) >= 11 is 0. The molecular formula is C14H18N2O. The van der Waals surface area contributed by atoms with E-state index in [4.69, 9.17) is 5.73 Å². The molecule has 1 aromatic carbocycles. The lowest BCUT2D eigenvalue weighted by atomic mass is 10.1. The number of hydrogen-bond donors (Lipinski definition) is 2. The molecule has 1 aromatic rings. The smallest absolute Gasteiger partial charge is 0.231 e. The van der Waals surface area contributed by atoms with Gasteiger partial charge >= 0.3 is 0 Å². The minimum Gasteiger partial charge on any atom is -0.325 e. The second-order valence-corrected chi connectivity index (χ2v) is 4.63. The molecule has 3 heteroatoms. The Morgan fingerprint density at radius 2 is 2.12 bits per heavy atom. The highest BCUT2D eigenvalue weighted by molar-refractivity contribution is 5.94. The number of rotatable bonds is 2. The molecule has 1 aliphatic carbocycles. The minimum absolute atomic E-state index is 0.0179. The number of carbonyl (C=O) groups is 1. The zero-order chi connectivity index (χ0) is 12.4. The summed E-state index contributed by atoms with van der Waals surface area (Å²) in [7, 11) is 0. The van der Waals surface area contributed by atoms with E-state index in [0.717, 1.165) is 11.3 Å². The van der Waals surface area contributed by atoms with E-state index in [9.17, 15) is 4.79 Å². The SMILES string of the molecule is Cc1cccc(NC(=O)C2C=CC(N)C2)c1C. The van der Waals surface area contributed by atoms with Crippen LogP contribution >= 0.6 is 0 Å². The van der Waals surface area contributed by atoms with Gasteiger partial charge in [0.1, 0.15) is 0 Å². The summed E-state index contributed by atoms with van der Waals surface area (Å²) in [5.74, 6) is -0.0622. The summed E-state index contributed by atoms with van der Waals surface area (Å²) in [5, 5.41) is 2.97. The molecule has 0 fully saturated rings. The van der Waals surface area contributed by atoms with E-state index in [-0.39, 0.29) is 17.9 Å². The first-order valence-electron chi connectivity index (χ1n) is 5.89. The molecule has 0 bridgehead atoms. The van der Waals surface area contributed by atoms with Crippen LogP contribution in [-0.4, -0.2) is 11.9 Å². The van der Waals surface area contributed by atoms with Crippen LogP contribution in [0.15, 0.2) is 30.4 Å². The van der Waals surface area contributed by atoms with Crippen molar-refractivity contribution in [3.63, 3.8) is 0 Å². The zero-order valence-corrected chi connectivity index (χ0v) is 10.2. The molecule has 3 nitrogen and oxygen atoms in total. The highest BCUT2D eigenvalue weighted by atomic mass is 16.1. The third-order valence-electron chi connectivity index (χ3n) is 3.32. The Balaban J connectivity index is 2.09. The number of hydrogen-bond acceptors (Lipinski definition) is 2. The Kier molecular flexibility index (Phi) is 3.29. The lowest BCUT2D eigenvalue weighted by Gasteiger charge is -2.13. The van der Waals surface area contributed by atoms with Crippen LogP contribution in [0.2, 0.25) is 0 Å². The van der Waals surface area contributed by atoms with Gasteiger partial charge in [-0.1, -0.05) is 24.3 Å². The molecule has 1 amide bonds. The van der Waals surface area contributed by atoms with Crippen molar-refractivity contribution < 1.29 is 4.79 Å². The number of anilines is 1. The molecule has 1 aliphatic rings. The van der Waals surface area contributed by atoms with E-state index < -0.39 is 0 Å². The van der Waals surface area contributed by atoms with E-state index in [1.165, 1.54) is 5.56 Å². The molecule has 2 unspecified atom stereocenters. The summed E-state index contributed by atoms with van der Waals surface area (Å²) in [6, 6.07) is 5.94. The summed E-state index contributed by atoms with van der Waals surface area (Å²) in [6.45, 7) is 4.05. The molecule has 2 rings (SSSR count). The van der Waals surface area contributed by atoms with Gasteiger partial charge in [-0.2, -0.15) is 0 Å². The molecule has 17 heavy (non-hydrogen) atoms. The summed E-state index contributed by atoms with van der Waals surface area (Å²) < 4.78 is 0. The van der Waals surface area contributed by atoms with E-state index in [2.05, 4.69) is 5.32 Å². The van der Waals surface area contributed by atoms with E-state index in [1.54, 1.807) is 0 Å². The summed E-state index contributed by atoms with van der Waals surface area (Å²) in [4.78, 5) is 12.0. The van der Waals surface area contributed by atoms with Crippen LogP contribution in [0.25, 0.3) is 0 Å². The second-order valence-electron chi connectivity index (χ2n) is 4.63. The fraction of sp³-hybridized carbons (Fsp3) is 0.357. The molecule has 0 heterocycles. The maximum Gasteiger partial charge on any atom is 0.231 e. The molecule has 0 aromatic heterocycles. The molecule has 0 spiro atoms. The number of benzene rings is 1. The maximum absolute atomic E-state index is 12.0. The van der Waals surface area contributed by atoms with Crippen LogP contribution in [0.4, 0.5) is 5.69 Å². The molecule has 0 aliphatic heterocycles.